The van der Waals surface area contributed by atoms with E-state index in [1.54, 1.807) is 0 Å². The van der Waals surface area contributed by atoms with Crippen molar-refractivity contribution in [3.8, 4) is 0 Å². The van der Waals surface area contributed by atoms with Crippen molar-refractivity contribution < 1.29 is 4.79 Å². The second-order valence-electron chi connectivity index (χ2n) is 7.44. The number of nitrogens with one attached hydrogen (secondary N) is 1. The van der Waals surface area contributed by atoms with Crippen LogP contribution >= 0.6 is 11.8 Å². The van der Waals surface area contributed by atoms with E-state index in [-0.39, 0.29) is 11.2 Å². The first-order valence-electron chi connectivity index (χ1n) is 9.65. The van der Waals surface area contributed by atoms with Crippen LogP contribution in [-0.2, 0) is 11.3 Å². The molecule has 1 aromatic heterocycles. The van der Waals surface area contributed by atoms with Gasteiger partial charge in [-0.15, -0.1) is 10.2 Å². The van der Waals surface area contributed by atoms with Crippen LogP contribution in [0.5, 0.6) is 0 Å². The lowest BCUT2D eigenvalue weighted by Crippen LogP contribution is -2.37. The summed E-state index contributed by atoms with van der Waals surface area (Å²) in [6, 6.07) is 10.8. The Labute approximate surface area is 159 Å². The van der Waals surface area contributed by atoms with Gasteiger partial charge in [0.25, 0.3) is 0 Å². The Hall–Kier alpha value is -1.82. The smallest absolute Gasteiger partial charge is 0.233 e. The number of amides is 1. The Morgan fingerprint density at radius 1 is 1.19 bits per heavy atom. The molecule has 1 aromatic carbocycles. The van der Waals surface area contributed by atoms with Crippen molar-refractivity contribution in [2.45, 2.75) is 74.4 Å². The highest BCUT2D eigenvalue weighted by Gasteiger charge is 2.31. The Kier molecular flexibility index (Phi) is 5.29. The molecule has 2 aromatic rings. The Balaban J connectivity index is 1.47. The average Bonchev–Trinajstić information content (AvgIpc) is 3.23. The molecule has 2 aliphatic rings. The predicted molar refractivity (Wildman–Crippen MR) is 103 cm³/mol. The van der Waals surface area contributed by atoms with E-state index in [0.29, 0.717) is 12.0 Å². The summed E-state index contributed by atoms with van der Waals surface area (Å²) in [7, 11) is 0. The van der Waals surface area contributed by atoms with Crippen LogP contribution in [0.1, 0.15) is 62.8 Å². The summed E-state index contributed by atoms with van der Waals surface area (Å²) in [6.07, 6.45) is 7.05. The number of carbonyl (C=O) groups is 1. The first kappa shape index (κ1) is 17.6. The molecule has 2 aliphatic carbocycles. The number of rotatable bonds is 7. The van der Waals surface area contributed by atoms with Crippen LogP contribution in [-0.4, -0.2) is 32.0 Å². The van der Waals surface area contributed by atoms with Crippen molar-refractivity contribution in [3.63, 3.8) is 0 Å². The third-order valence-electron chi connectivity index (χ3n) is 5.22. The van der Waals surface area contributed by atoms with Gasteiger partial charge in [0.05, 0.1) is 11.8 Å². The third-order valence-corrected chi connectivity index (χ3v) is 6.30. The lowest BCUT2D eigenvalue weighted by molar-refractivity contribution is -0.120. The van der Waals surface area contributed by atoms with Crippen LogP contribution in [0, 0.1) is 0 Å². The predicted octanol–water partition coefficient (Wildman–Crippen LogP) is 3.74. The van der Waals surface area contributed by atoms with Crippen molar-refractivity contribution >= 4 is 17.7 Å². The van der Waals surface area contributed by atoms with E-state index in [0.717, 1.165) is 30.4 Å². The van der Waals surface area contributed by atoms with E-state index in [4.69, 9.17) is 0 Å². The second-order valence-corrected chi connectivity index (χ2v) is 8.74. The quantitative estimate of drug-likeness (QED) is 0.754. The minimum absolute atomic E-state index is 0.115. The molecule has 138 valence electrons. The van der Waals surface area contributed by atoms with Crippen LogP contribution in [0.2, 0.25) is 0 Å². The van der Waals surface area contributed by atoms with E-state index < -0.39 is 0 Å². The molecule has 4 rings (SSSR count). The van der Waals surface area contributed by atoms with Crippen molar-refractivity contribution in [3.05, 3.63) is 41.7 Å². The molecule has 0 bridgehead atoms. The molecule has 6 heteroatoms. The summed E-state index contributed by atoms with van der Waals surface area (Å²) in [6.45, 7) is 2.73. The van der Waals surface area contributed by atoms with Gasteiger partial charge in [0.1, 0.15) is 5.82 Å². The Morgan fingerprint density at radius 2 is 1.92 bits per heavy atom. The molecule has 2 fully saturated rings. The van der Waals surface area contributed by atoms with Gasteiger partial charge in [0, 0.05) is 12.0 Å². The van der Waals surface area contributed by atoms with Gasteiger partial charge in [-0.2, -0.15) is 0 Å². The largest absolute Gasteiger partial charge is 0.352 e. The summed E-state index contributed by atoms with van der Waals surface area (Å²) in [5.41, 5.74) is 1.24. The van der Waals surface area contributed by atoms with Gasteiger partial charge >= 0.3 is 0 Å². The van der Waals surface area contributed by atoms with Gasteiger partial charge in [-0.3, -0.25) is 4.79 Å². The number of carbonyl (C=O) groups excluding carboxylic acids is 1. The van der Waals surface area contributed by atoms with E-state index in [2.05, 4.69) is 44.3 Å². The van der Waals surface area contributed by atoms with E-state index >= 15 is 0 Å². The zero-order valence-electron chi connectivity index (χ0n) is 15.2. The maximum absolute atomic E-state index is 12.5. The maximum atomic E-state index is 12.5. The molecule has 1 N–H and O–H groups in total. The highest BCUT2D eigenvalue weighted by Crippen LogP contribution is 2.40. The molecule has 1 unspecified atom stereocenters. The van der Waals surface area contributed by atoms with Gasteiger partial charge in [0.2, 0.25) is 5.91 Å². The molecule has 0 spiro atoms. The van der Waals surface area contributed by atoms with Crippen LogP contribution in [0.4, 0.5) is 0 Å². The van der Waals surface area contributed by atoms with Gasteiger partial charge in [-0.1, -0.05) is 54.9 Å². The second kappa shape index (κ2) is 7.82. The molecule has 0 radical (unpaired) electrons. The molecule has 0 aliphatic heterocycles. The lowest BCUT2D eigenvalue weighted by atomic mass is 10.2. The van der Waals surface area contributed by atoms with Gasteiger partial charge in [0.15, 0.2) is 5.16 Å². The SMILES string of the molecule is CC(Sc1nnc(C2CC2)n1Cc1ccccc1)C(=O)NC1CCCC1. The van der Waals surface area contributed by atoms with E-state index in [1.807, 2.05) is 13.0 Å². The first-order chi connectivity index (χ1) is 12.7. The minimum Gasteiger partial charge on any atom is -0.352 e. The zero-order chi connectivity index (χ0) is 17.9. The number of benzene rings is 1. The fourth-order valence-corrected chi connectivity index (χ4v) is 4.41. The van der Waals surface area contributed by atoms with Crippen LogP contribution < -0.4 is 5.32 Å². The van der Waals surface area contributed by atoms with Gasteiger partial charge in [-0.25, -0.2) is 0 Å². The Morgan fingerprint density at radius 3 is 2.62 bits per heavy atom. The Bertz CT molecular complexity index is 750. The fraction of sp³-hybridized carbons (Fsp3) is 0.550. The normalized spacial score (nSPS) is 18.8. The molecule has 26 heavy (non-hydrogen) atoms. The van der Waals surface area contributed by atoms with Crippen LogP contribution in [0.25, 0.3) is 0 Å². The highest BCUT2D eigenvalue weighted by molar-refractivity contribution is 8.00. The average molecular weight is 371 g/mol. The van der Waals surface area contributed by atoms with Crippen molar-refractivity contribution in [1.82, 2.24) is 20.1 Å². The van der Waals surface area contributed by atoms with Crippen LogP contribution in [0.3, 0.4) is 0 Å². The maximum Gasteiger partial charge on any atom is 0.233 e. The molecular formula is C20H26N4OS. The monoisotopic (exact) mass is 370 g/mol. The van der Waals surface area contributed by atoms with E-state index in [9.17, 15) is 4.79 Å². The zero-order valence-corrected chi connectivity index (χ0v) is 16.0. The molecule has 1 amide bonds. The summed E-state index contributed by atoms with van der Waals surface area (Å²) in [4.78, 5) is 12.5. The van der Waals surface area contributed by atoms with Crippen molar-refractivity contribution in [2.75, 3.05) is 0 Å². The summed E-state index contributed by atoms with van der Waals surface area (Å²) in [5, 5.41) is 12.8. The minimum atomic E-state index is -0.165. The lowest BCUT2D eigenvalue weighted by Gasteiger charge is -2.17. The molecule has 1 atom stereocenters. The number of aromatic nitrogens is 3. The molecular weight excluding hydrogens is 344 g/mol. The number of nitrogens with zero attached hydrogens (tertiary/aromatic N) is 3. The summed E-state index contributed by atoms with van der Waals surface area (Å²) in [5.74, 6) is 1.71. The number of thioether (sulfide) groups is 1. The summed E-state index contributed by atoms with van der Waals surface area (Å²) >= 11 is 1.52. The third kappa shape index (κ3) is 4.11. The number of hydrogen-bond donors (Lipinski definition) is 1. The van der Waals surface area contributed by atoms with E-state index in [1.165, 1.54) is 43.0 Å². The van der Waals surface area contributed by atoms with Gasteiger partial charge in [-0.05, 0) is 38.2 Å². The summed E-state index contributed by atoms with van der Waals surface area (Å²) < 4.78 is 2.21. The highest BCUT2D eigenvalue weighted by atomic mass is 32.2. The molecule has 1 heterocycles. The molecule has 5 nitrogen and oxygen atoms in total. The molecule has 2 saturated carbocycles. The topological polar surface area (TPSA) is 59.8 Å². The van der Waals surface area contributed by atoms with Gasteiger partial charge < -0.3 is 9.88 Å². The standard InChI is InChI=1S/C20H26N4OS/c1-14(19(25)21-17-9-5-6-10-17)26-20-23-22-18(16-11-12-16)24(20)13-15-7-3-2-4-8-15/h2-4,7-8,14,16-17H,5-6,9-13H2,1H3,(H,21,25). The first-order valence-corrected chi connectivity index (χ1v) is 10.5. The molecule has 0 saturated heterocycles. The fourth-order valence-electron chi connectivity index (χ4n) is 3.55. The van der Waals surface area contributed by atoms with Crippen molar-refractivity contribution in [1.29, 1.82) is 0 Å². The van der Waals surface area contributed by atoms with Crippen LogP contribution in [0.15, 0.2) is 35.5 Å². The number of hydrogen-bond acceptors (Lipinski definition) is 4. The van der Waals surface area contributed by atoms with Crippen molar-refractivity contribution in [2.24, 2.45) is 0 Å².